The van der Waals surface area contributed by atoms with Gasteiger partial charge in [0, 0.05) is 22.2 Å². The molecule has 0 saturated carbocycles. The molecule has 0 unspecified atom stereocenters. The number of nitrogens with zero attached hydrogens (tertiary/aromatic N) is 1. The maximum atomic E-state index is 5.77. The van der Waals surface area contributed by atoms with Gasteiger partial charge < -0.3 is 0 Å². The number of benzene rings is 2. The van der Waals surface area contributed by atoms with Crippen molar-refractivity contribution in [2.75, 3.05) is 0 Å². The summed E-state index contributed by atoms with van der Waals surface area (Å²) in [4.78, 5) is 4.20. The molecule has 0 fully saturated rings. The van der Waals surface area contributed by atoms with Gasteiger partial charge in [-0.1, -0.05) is 23.2 Å². The fraction of sp³-hybridized carbons (Fsp3) is 0. The van der Waals surface area contributed by atoms with Crippen LogP contribution in [0.25, 0.3) is 4.85 Å². The topological polar surface area (TPSA) is 4.36 Å². The molecule has 0 saturated heterocycles. The zero-order valence-corrected chi connectivity index (χ0v) is 19.6. The van der Waals surface area contributed by atoms with Crippen molar-refractivity contribution in [1.82, 2.24) is 0 Å². The van der Waals surface area contributed by atoms with E-state index in [0.29, 0.717) is 10.0 Å². The van der Waals surface area contributed by atoms with Gasteiger partial charge in [0.2, 0.25) is 0 Å². The second-order valence-electron chi connectivity index (χ2n) is 4.17. The zero-order chi connectivity index (χ0) is 17.8. The molecule has 0 aliphatic carbocycles. The van der Waals surface area contributed by atoms with Crippen molar-refractivity contribution >= 4 is 91.0 Å². The average molecular weight is 584 g/mol. The van der Waals surface area contributed by atoms with Crippen molar-refractivity contribution < 1.29 is 0 Å². The van der Waals surface area contributed by atoms with E-state index < -0.39 is 9.14 Å². The van der Waals surface area contributed by atoms with Crippen LogP contribution in [0.1, 0.15) is 5.56 Å². The molecule has 2 rings (SSSR count). The molecular formula is C13H8Cl8NSb. The van der Waals surface area contributed by atoms with Crippen LogP contribution in [0, 0.1) is 6.07 Å². The van der Waals surface area contributed by atoms with E-state index in [9.17, 15) is 0 Å². The summed E-state index contributed by atoms with van der Waals surface area (Å²) >= 11 is 11.5. The minimum atomic E-state index is -5.42. The van der Waals surface area contributed by atoms with E-state index >= 15 is 0 Å². The molecule has 0 amide bonds. The number of halogens is 8. The first-order valence-electron chi connectivity index (χ1n) is 5.73. The predicted octanol–water partition coefficient (Wildman–Crippen LogP) is 8.76. The fourth-order valence-corrected chi connectivity index (χ4v) is 1.42. The van der Waals surface area contributed by atoms with Crippen molar-refractivity contribution in [1.29, 1.82) is 0 Å². The van der Waals surface area contributed by atoms with Gasteiger partial charge in [0.05, 0.1) is 0 Å². The zero-order valence-electron chi connectivity index (χ0n) is 11.0. The van der Waals surface area contributed by atoms with Gasteiger partial charge in [0.25, 0.3) is 0 Å². The quantitative estimate of drug-likeness (QED) is 0.273. The van der Waals surface area contributed by atoms with Crippen LogP contribution in [0.2, 0.25) is 10.0 Å². The Kier molecular flexibility index (Phi) is 7.45. The van der Waals surface area contributed by atoms with Gasteiger partial charge in [0.1, 0.15) is 5.56 Å². The third-order valence-electron chi connectivity index (χ3n) is 1.98. The molecule has 2 aromatic rings. The summed E-state index contributed by atoms with van der Waals surface area (Å²) in [7, 11) is 25.0. The normalized spacial score (nSPS) is 13.6. The first-order valence-corrected chi connectivity index (χ1v) is 25.9. The van der Waals surface area contributed by atoms with Crippen molar-refractivity contribution in [3.05, 3.63) is 69.0 Å². The van der Waals surface area contributed by atoms with Crippen LogP contribution in [0.5, 0.6) is 0 Å². The van der Waals surface area contributed by atoms with Crippen LogP contribution in [-0.4, -0.2) is 9.14 Å². The molecule has 0 aliphatic heterocycles. The van der Waals surface area contributed by atoms with Gasteiger partial charge in [-0.3, -0.25) is 0 Å². The van der Waals surface area contributed by atoms with Gasteiger partial charge in [-0.25, -0.2) is 0 Å². The van der Waals surface area contributed by atoms with Crippen LogP contribution >= 0.6 is 76.2 Å². The predicted molar refractivity (Wildman–Crippen MR) is 110 cm³/mol. The summed E-state index contributed by atoms with van der Waals surface area (Å²) < 4.78 is 0. The standard InChI is InChI=1S/C13H8Cl2N.6ClH.Sb/c14-11-3-1-10(2-4-11)9-16-13-7-5-12(15)6-8-13;;;;;;;/h1-8H;6*1H;/q+1;;;;;;;+5/p-6. The van der Waals surface area contributed by atoms with Crippen LogP contribution in [0.3, 0.4) is 0 Å². The maximum absolute atomic E-state index is 5.77. The molecular weight excluding hydrogens is 576 g/mol. The SMILES string of the molecule is Clc1ccc(C#[N+]c2ccc(Cl)cc2)cc1.[Cl][Sb-]([Cl])([Cl])([Cl])([Cl])[Cl]. The second kappa shape index (κ2) is 7.75. The first kappa shape index (κ1) is 22.1. The summed E-state index contributed by atoms with van der Waals surface area (Å²) in [5.74, 6) is 0. The average Bonchev–Trinajstić information content (AvgIpc) is 2.36. The molecule has 2 aromatic carbocycles. The molecule has 0 radical (unpaired) electrons. The Balaban J connectivity index is 0.000000322. The van der Waals surface area contributed by atoms with E-state index in [0.717, 1.165) is 11.3 Å². The van der Waals surface area contributed by atoms with Gasteiger partial charge in [-0.05, 0) is 41.2 Å². The van der Waals surface area contributed by atoms with E-state index in [1.54, 1.807) is 24.3 Å². The van der Waals surface area contributed by atoms with Gasteiger partial charge in [0.15, 0.2) is 0 Å². The third-order valence-corrected chi connectivity index (χ3v) is 2.49. The van der Waals surface area contributed by atoms with E-state index in [1.165, 1.54) is 0 Å². The molecule has 0 atom stereocenters. The molecule has 1 nitrogen and oxygen atoms in total. The van der Waals surface area contributed by atoms with E-state index in [4.69, 9.17) is 76.2 Å². The van der Waals surface area contributed by atoms with Gasteiger partial charge >= 0.3 is 73.9 Å². The van der Waals surface area contributed by atoms with Crippen molar-refractivity contribution in [3.8, 4) is 6.07 Å². The summed E-state index contributed by atoms with van der Waals surface area (Å²) in [6, 6.07) is 17.5. The molecule has 0 bridgehead atoms. The Morgan fingerprint density at radius 1 is 0.652 bits per heavy atom. The van der Waals surface area contributed by atoms with Crippen LogP contribution in [0.15, 0.2) is 48.5 Å². The van der Waals surface area contributed by atoms with E-state index in [1.807, 2.05) is 24.3 Å². The summed E-state index contributed by atoms with van der Waals surface area (Å²) in [6.45, 7) is 0. The van der Waals surface area contributed by atoms with Gasteiger partial charge in [-0.15, -0.1) is 0 Å². The molecule has 0 N–H and O–H groups in total. The number of rotatable bonds is 0. The minimum absolute atomic E-state index is 0.699. The summed E-state index contributed by atoms with van der Waals surface area (Å²) in [6.07, 6.45) is 0. The molecule has 0 aromatic heterocycles. The van der Waals surface area contributed by atoms with E-state index in [2.05, 4.69) is 10.9 Å². The summed E-state index contributed by atoms with van der Waals surface area (Å²) in [5.41, 5.74) is 1.71. The second-order valence-corrected chi connectivity index (χ2v) is 61.9. The van der Waals surface area contributed by atoms with Crippen molar-refractivity contribution in [2.24, 2.45) is 0 Å². The molecule has 23 heavy (non-hydrogen) atoms. The van der Waals surface area contributed by atoms with Gasteiger partial charge in [-0.2, -0.15) is 0 Å². The van der Waals surface area contributed by atoms with Crippen LogP contribution in [0.4, 0.5) is 5.69 Å². The molecule has 0 heterocycles. The fourth-order valence-electron chi connectivity index (χ4n) is 1.17. The third kappa shape index (κ3) is 15.1. The number of hydrogen-bond donors (Lipinski definition) is 0. The molecule has 10 heteroatoms. The van der Waals surface area contributed by atoms with E-state index in [-0.39, 0.29) is 0 Å². The summed E-state index contributed by atoms with van der Waals surface area (Å²) in [5, 5.41) is 1.41. The molecule has 0 spiro atoms. The van der Waals surface area contributed by atoms with Crippen LogP contribution in [-0.2, 0) is 0 Å². The first-order chi connectivity index (χ1) is 10.2. The Morgan fingerprint density at radius 2 is 1.00 bits per heavy atom. The Hall–Kier alpha value is 1.07. The van der Waals surface area contributed by atoms with Crippen LogP contribution < -0.4 is 0 Å². The Bertz CT molecular complexity index is 663. The molecule has 126 valence electrons. The molecule has 0 aliphatic rings. The monoisotopic (exact) mass is 579 g/mol. The Labute approximate surface area is 164 Å². The number of hydrogen-bond acceptors (Lipinski definition) is 0. The van der Waals surface area contributed by atoms with Crippen molar-refractivity contribution in [3.63, 3.8) is 0 Å². The Morgan fingerprint density at radius 3 is 1.39 bits per heavy atom. The van der Waals surface area contributed by atoms with Crippen molar-refractivity contribution in [2.45, 2.75) is 0 Å².